The molecule has 0 amide bonds. The molecule has 0 saturated heterocycles. The van der Waals surface area contributed by atoms with Crippen LogP contribution < -0.4 is 10.1 Å². The van der Waals surface area contributed by atoms with E-state index in [0.717, 1.165) is 11.3 Å². The molecule has 0 spiro atoms. The second kappa shape index (κ2) is 5.64. The highest BCUT2D eigenvalue weighted by Gasteiger charge is 2.04. The van der Waals surface area contributed by atoms with Gasteiger partial charge in [0, 0.05) is 18.7 Å². The van der Waals surface area contributed by atoms with Crippen molar-refractivity contribution in [1.82, 2.24) is 10.5 Å². The summed E-state index contributed by atoms with van der Waals surface area (Å²) in [7, 11) is 1.81. The van der Waals surface area contributed by atoms with Gasteiger partial charge in [0.15, 0.2) is 5.76 Å². The number of halogens is 1. The molecule has 0 aliphatic rings. The van der Waals surface area contributed by atoms with Crippen LogP contribution in [-0.4, -0.2) is 12.2 Å². The van der Waals surface area contributed by atoms with Crippen molar-refractivity contribution in [2.45, 2.75) is 20.1 Å². The van der Waals surface area contributed by atoms with Crippen LogP contribution in [0.1, 0.15) is 17.0 Å². The van der Waals surface area contributed by atoms with Gasteiger partial charge in [-0.25, -0.2) is 4.39 Å². The zero-order valence-corrected chi connectivity index (χ0v) is 10.4. The first-order valence-electron chi connectivity index (χ1n) is 5.66. The number of aryl methyl sites for hydroxylation is 1. The number of nitrogens with zero attached hydrogens (tertiary/aromatic N) is 1. The predicted octanol–water partition coefficient (Wildman–Crippen LogP) is 2.42. The molecule has 4 nitrogen and oxygen atoms in total. The van der Waals surface area contributed by atoms with E-state index >= 15 is 0 Å². The average molecular weight is 250 g/mol. The van der Waals surface area contributed by atoms with Crippen LogP contribution in [-0.2, 0) is 13.2 Å². The Hall–Kier alpha value is -1.88. The van der Waals surface area contributed by atoms with E-state index in [4.69, 9.17) is 9.26 Å². The van der Waals surface area contributed by atoms with Crippen LogP contribution in [0.5, 0.6) is 5.75 Å². The number of aromatic nitrogens is 1. The summed E-state index contributed by atoms with van der Waals surface area (Å²) in [4.78, 5) is 0. The lowest BCUT2D eigenvalue weighted by molar-refractivity contribution is 0.247. The summed E-state index contributed by atoms with van der Waals surface area (Å²) in [5.41, 5.74) is 1.63. The molecule has 1 aromatic carbocycles. The minimum Gasteiger partial charge on any atom is -0.485 e. The molecule has 0 atom stereocenters. The molecule has 0 aliphatic heterocycles. The van der Waals surface area contributed by atoms with Crippen molar-refractivity contribution in [3.05, 3.63) is 47.1 Å². The van der Waals surface area contributed by atoms with Gasteiger partial charge in [0.05, 0.1) is 5.69 Å². The molecule has 0 saturated carbocycles. The maximum absolute atomic E-state index is 13.3. The number of ether oxygens (including phenoxy) is 1. The Morgan fingerprint density at radius 1 is 1.33 bits per heavy atom. The average Bonchev–Trinajstić information content (AvgIpc) is 2.72. The summed E-state index contributed by atoms with van der Waals surface area (Å²) in [5, 5.41) is 6.72. The van der Waals surface area contributed by atoms with Crippen molar-refractivity contribution in [3.8, 4) is 5.75 Å². The summed E-state index contributed by atoms with van der Waals surface area (Å²) in [6.45, 7) is 2.67. The van der Waals surface area contributed by atoms with E-state index < -0.39 is 0 Å². The Morgan fingerprint density at radius 2 is 2.17 bits per heavy atom. The predicted molar refractivity (Wildman–Crippen MR) is 64.7 cm³/mol. The molecule has 0 fully saturated rings. The van der Waals surface area contributed by atoms with E-state index in [1.54, 1.807) is 12.1 Å². The van der Waals surface area contributed by atoms with Crippen LogP contribution in [0.15, 0.2) is 28.8 Å². The monoisotopic (exact) mass is 250 g/mol. The van der Waals surface area contributed by atoms with E-state index in [1.165, 1.54) is 12.1 Å². The zero-order valence-electron chi connectivity index (χ0n) is 10.4. The second-order valence-corrected chi connectivity index (χ2v) is 4.05. The number of nitrogens with one attached hydrogen (secondary N) is 1. The molecule has 1 N–H and O–H groups in total. The summed E-state index contributed by atoms with van der Waals surface area (Å²) >= 11 is 0. The quantitative estimate of drug-likeness (QED) is 0.885. The van der Waals surface area contributed by atoms with Gasteiger partial charge in [0.25, 0.3) is 0 Å². The van der Waals surface area contributed by atoms with Gasteiger partial charge in [-0.05, 0) is 31.7 Å². The number of rotatable bonds is 5. The molecule has 2 aromatic rings. The Labute approximate surface area is 105 Å². The van der Waals surface area contributed by atoms with E-state index in [0.29, 0.717) is 18.1 Å². The van der Waals surface area contributed by atoms with Crippen molar-refractivity contribution >= 4 is 0 Å². The van der Waals surface area contributed by atoms with Crippen LogP contribution >= 0.6 is 0 Å². The van der Waals surface area contributed by atoms with Crippen LogP contribution in [0, 0.1) is 12.7 Å². The van der Waals surface area contributed by atoms with Crippen LogP contribution in [0.4, 0.5) is 4.39 Å². The molecule has 1 aromatic heterocycles. The SMILES string of the molecule is CNCc1cc(F)cc(OCc2cc(C)no2)c1. The lowest BCUT2D eigenvalue weighted by Gasteiger charge is -2.07. The fourth-order valence-corrected chi connectivity index (χ4v) is 1.65. The number of hydrogen-bond donors (Lipinski definition) is 1. The van der Waals surface area contributed by atoms with Crippen molar-refractivity contribution in [3.63, 3.8) is 0 Å². The van der Waals surface area contributed by atoms with E-state index in [-0.39, 0.29) is 12.4 Å². The maximum Gasteiger partial charge on any atom is 0.174 e. The maximum atomic E-state index is 13.3. The lowest BCUT2D eigenvalue weighted by atomic mass is 10.2. The highest BCUT2D eigenvalue weighted by atomic mass is 19.1. The molecule has 2 rings (SSSR count). The molecule has 0 radical (unpaired) electrons. The van der Waals surface area contributed by atoms with Gasteiger partial charge < -0.3 is 14.6 Å². The van der Waals surface area contributed by atoms with Crippen molar-refractivity contribution in [1.29, 1.82) is 0 Å². The van der Waals surface area contributed by atoms with E-state index in [9.17, 15) is 4.39 Å². The van der Waals surface area contributed by atoms with Gasteiger partial charge in [-0.2, -0.15) is 0 Å². The third-order valence-electron chi connectivity index (χ3n) is 2.37. The molecule has 0 bridgehead atoms. The standard InChI is InChI=1S/C13H15FN2O2/c1-9-3-13(18-16-9)8-17-12-5-10(7-15-2)4-11(14)6-12/h3-6,15H,7-8H2,1-2H3. The van der Waals surface area contributed by atoms with Gasteiger partial charge in [-0.3, -0.25) is 0 Å². The van der Waals surface area contributed by atoms with Crippen molar-refractivity contribution < 1.29 is 13.7 Å². The third kappa shape index (κ3) is 3.30. The Morgan fingerprint density at radius 3 is 2.83 bits per heavy atom. The van der Waals surface area contributed by atoms with E-state index in [2.05, 4.69) is 10.5 Å². The summed E-state index contributed by atoms with van der Waals surface area (Å²) in [6.07, 6.45) is 0. The lowest BCUT2D eigenvalue weighted by Crippen LogP contribution is -2.05. The fourth-order valence-electron chi connectivity index (χ4n) is 1.65. The second-order valence-electron chi connectivity index (χ2n) is 4.05. The molecule has 96 valence electrons. The minimum atomic E-state index is -0.313. The molecular weight excluding hydrogens is 235 g/mol. The zero-order chi connectivity index (χ0) is 13.0. The summed E-state index contributed by atoms with van der Waals surface area (Å²) in [5.74, 6) is 0.785. The van der Waals surface area contributed by atoms with Gasteiger partial charge in [-0.1, -0.05) is 5.16 Å². The van der Waals surface area contributed by atoms with Crippen molar-refractivity contribution in [2.24, 2.45) is 0 Å². The largest absolute Gasteiger partial charge is 0.485 e. The Kier molecular flexibility index (Phi) is 3.94. The summed E-state index contributed by atoms with van der Waals surface area (Å²) < 4.78 is 23.8. The topological polar surface area (TPSA) is 47.3 Å². The first kappa shape index (κ1) is 12.6. The van der Waals surface area contributed by atoms with Gasteiger partial charge >= 0.3 is 0 Å². The van der Waals surface area contributed by atoms with E-state index in [1.807, 2.05) is 14.0 Å². The highest BCUT2D eigenvalue weighted by molar-refractivity contribution is 5.29. The molecule has 5 heteroatoms. The number of benzene rings is 1. The minimum absolute atomic E-state index is 0.239. The van der Waals surface area contributed by atoms with Gasteiger partial charge in [-0.15, -0.1) is 0 Å². The van der Waals surface area contributed by atoms with Crippen molar-refractivity contribution in [2.75, 3.05) is 7.05 Å². The normalized spacial score (nSPS) is 10.6. The molecule has 0 unspecified atom stereocenters. The number of hydrogen-bond acceptors (Lipinski definition) is 4. The molecule has 18 heavy (non-hydrogen) atoms. The third-order valence-corrected chi connectivity index (χ3v) is 2.37. The molecule has 1 heterocycles. The molecule has 0 aliphatic carbocycles. The van der Waals surface area contributed by atoms with Gasteiger partial charge in [0.1, 0.15) is 18.2 Å². The fraction of sp³-hybridized carbons (Fsp3) is 0.308. The summed E-state index contributed by atoms with van der Waals surface area (Å²) in [6, 6.07) is 6.40. The van der Waals surface area contributed by atoms with Crippen LogP contribution in [0.2, 0.25) is 0 Å². The Balaban J connectivity index is 2.04. The smallest absolute Gasteiger partial charge is 0.174 e. The van der Waals surface area contributed by atoms with Gasteiger partial charge in [0.2, 0.25) is 0 Å². The van der Waals surface area contributed by atoms with Crippen LogP contribution in [0.3, 0.4) is 0 Å². The Bertz CT molecular complexity index is 525. The molecular formula is C13H15FN2O2. The first-order valence-corrected chi connectivity index (χ1v) is 5.66. The first-order chi connectivity index (χ1) is 8.67. The van der Waals surface area contributed by atoms with Crippen LogP contribution in [0.25, 0.3) is 0 Å². The highest BCUT2D eigenvalue weighted by Crippen LogP contribution is 2.18.